The summed E-state index contributed by atoms with van der Waals surface area (Å²) in [5, 5.41) is 18.3. The largest absolute Gasteiger partial charge is 0.480 e. The first kappa shape index (κ1) is 20.1. The van der Waals surface area contributed by atoms with Crippen molar-refractivity contribution in [3.63, 3.8) is 0 Å². The predicted octanol–water partition coefficient (Wildman–Crippen LogP) is -0.265. The maximum Gasteiger partial charge on any atom is 0.332 e. The van der Waals surface area contributed by atoms with Crippen LogP contribution in [0.4, 0.5) is 0 Å². The van der Waals surface area contributed by atoms with E-state index in [4.69, 9.17) is 28.8 Å². The second kappa shape index (κ2) is 10.7. The standard InChI is InChI=1S/C16H26O9/c17-11-3-1-5-23-13(11)7-22-10-16(20)25-12-4-2-6-24-14(12)8-21-9-15(18)19/h11-14,17H,1-10H2,(H,18,19)/t11-,12-,13-,14-/m1/s1. The summed E-state index contributed by atoms with van der Waals surface area (Å²) in [6, 6.07) is 0. The number of aliphatic hydroxyl groups is 1. The van der Waals surface area contributed by atoms with Gasteiger partial charge in [-0.2, -0.15) is 0 Å². The molecule has 0 spiro atoms. The van der Waals surface area contributed by atoms with Crippen molar-refractivity contribution in [1.82, 2.24) is 0 Å². The summed E-state index contributed by atoms with van der Waals surface area (Å²) < 4.78 is 26.6. The van der Waals surface area contributed by atoms with Crippen LogP contribution in [0.5, 0.6) is 0 Å². The van der Waals surface area contributed by atoms with Crippen molar-refractivity contribution in [1.29, 1.82) is 0 Å². The highest BCUT2D eigenvalue weighted by molar-refractivity contribution is 5.71. The summed E-state index contributed by atoms with van der Waals surface area (Å²) in [7, 11) is 0. The number of carboxylic acid groups (broad SMARTS) is 1. The molecule has 2 aliphatic rings. The molecule has 4 atom stereocenters. The van der Waals surface area contributed by atoms with Crippen LogP contribution in [0.3, 0.4) is 0 Å². The number of carbonyl (C=O) groups excluding carboxylic acids is 1. The lowest BCUT2D eigenvalue weighted by Crippen LogP contribution is -2.42. The Morgan fingerprint density at radius 1 is 0.960 bits per heavy atom. The molecule has 25 heavy (non-hydrogen) atoms. The van der Waals surface area contributed by atoms with E-state index in [9.17, 15) is 14.7 Å². The number of ether oxygens (including phenoxy) is 5. The zero-order valence-electron chi connectivity index (χ0n) is 14.1. The molecule has 2 aliphatic heterocycles. The first-order chi connectivity index (χ1) is 12.1. The third kappa shape index (κ3) is 7.25. The lowest BCUT2D eigenvalue weighted by atomic mass is 10.1. The minimum atomic E-state index is -1.06. The van der Waals surface area contributed by atoms with Crippen molar-refractivity contribution in [3.05, 3.63) is 0 Å². The molecule has 0 aromatic rings. The third-order valence-corrected chi connectivity index (χ3v) is 4.08. The maximum absolute atomic E-state index is 11.9. The second-order valence-corrected chi connectivity index (χ2v) is 6.12. The van der Waals surface area contributed by atoms with Crippen LogP contribution >= 0.6 is 0 Å². The Labute approximate surface area is 146 Å². The van der Waals surface area contributed by atoms with Crippen LogP contribution in [0, 0.1) is 0 Å². The molecule has 0 aromatic carbocycles. The summed E-state index contributed by atoms with van der Waals surface area (Å²) in [5.41, 5.74) is 0. The van der Waals surface area contributed by atoms with Gasteiger partial charge in [0.1, 0.15) is 31.5 Å². The molecular weight excluding hydrogens is 336 g/mol. The van der Waals surface area contributed by atoms with E-state index in [1.54, 1.807) is 0 Å². The van der Waals surface area contributed by atoms with Crippen LogP contribution in [-0.2, 0) is 33.3 Å². The highest BCUT2D eigenvalue weighted by atomic mass is 16.6. The molecule has 144 valence electrons. The van der Waals surface area contributed by atoms with Gasteiger partial charge in [-0.15, -0.1) is 0 Å². The minimum absolute atomic E-state index is 0.0488. The van der Waals surface area contributed by atoms with Crippen LogP contribution in [-0.4, -0.2) is 86.2 Å². The highest BCUT2D eigenvalue weighted by Gasteiger charge is 2.30. The van der Waals surface area contributed by atoms with E-state index in [2.05, 4.69) is 0 Å². The van der Waals surface area contributed by atoms with E-state index in [1.165, 1.54) is 0 Å². The number of aliphatic hydroxyl groups excluding tert-OH is 1. The predicted molar refractivity (Wildman–Crippen MR) is 83.1 cm³/mol. The first-order valence-electron chi connectivity index (χ1n) is 8.54. The molecule has 0 unspecified atom stereocenters. The third-order valence-electron chi connectivity index (χ3n) is 4.08. The van der Waals surface area contributed by atoms with Gasteiger partial charge < -0.3 is 33.9 Å². The van der Waals surface area contributed by atoms with Gasteiger partial charge in [0.2, 0.25) is 0 Å². The fourth-order valence-corrected chi connectivity index (χ4v) is 2.81. The van der Waals surface area contributed by atoms with Crippen LogP contribution in [0.2, 0.25) is 0 Å². The number of rotatable bonds is 9. The molecule has 2 rings (SSSR count). The summed E-state index contributed by atoms with van der Waals surface area (Å²) in [4.78, 5) is 22.4. The van der Waals surface area contributed by atoms with Crippen molar-refractivity contribution < 1.29 is 43.5 Å². The molecule has 9 nitrogen and oxygen atoms in total. The van der Waals surface area contributed by atoms with Crippen molar-refractivity contribution in [2.75, 3.05) is 39.6 Å². The summed E-state index contributed by atoms with van der Waals surface area (Å²) in [5.74, 6) is -1.60. The molecule has 0 bridgehead atoms. The Morgan fingerprint density at radius 3 is 2.32 bits per heavy atom. The molecule has 9 heteroatoms. The van der Waals surface area contributed by atoms with E-state index in [1.807, 2.05) is 0 Å². The normalized spacial score (nSPS) is 30.0. The second-order valence-electron chi connectivity index (χ2n) is 6.12. The monoisotopic (exact) mass is 362 g/mol. The van der Waals surface area contributed by atoms with Gasteiger partial charge in [0.05, 0.1) is 19.3 Å². The van der Waals surface area contributed by atoms with Crippen molar-refractivity contribution in [2.45, 2.75) is 50.1 Å². The average Bonchev–Trinajstić information content (AvgIpc) is 2.58. The molecule has 0 aliphatic carbocycles. The first-order valence-corrected chi connectivity index (χ1v) is 8.54. The van der Waals surface area contributed by atoms with Gasteiger partial charge in [0.25, 0.3) is 0 Å². The van der Waals surface area contributed by atoms with Gasteiger partial charge in [-0.3, -0.25) is 0 Å². The quantitative estimate of drug-likeness (QED) is 0.534. The zero-order chi connectivity index (χ0) is 18.1. The Balaban J connectivity index is 1.67. The van der Waals surface area contributed by atoms with Crippen LogP contribution < -0.4 is 0 Å². The van der Waals surface area contributed by atoms with Crippen molar-refractivity contribution in [2.24, 2.45) is 0 Å². The summed E-state index contributed by atoms with van der Waals surface area (Å²) >= 11 is 0. The molecule has 2 fully saturated rings. The maximum atomic E-state index is 11.9. The van der Waals surface area contributed by atoms with Gasteiger partial charge in [0, 0.05) is 13.2 Å². The molecule has 0 radical (unpaired) electrons. The number of carboxylic acids is 1. The van der Waals surface area contributed by atoms with Crippen LogP contribution in [0.15, 0.2) is 0 Å². The Kier molecular flexibility index (Phi) is 8.56. The van der Waals surface area contributed by atoms with Gasteiger partial charge >= 0.3 is 11.9 Å². The number of hydrogen-bond acceptors (Lipinski definition) is 8. The smallest absolute Gasteiger partial charge is 0.332 e. The number of esters is 1. The lowest BCUT2D eigenvalue weighted by Gasteiger charge is -2.31. The average molecular weight is 362 g/mol. The van der Waals surface area contributed by atoms with Gasteiger partial charge in [-0.1, -0.05) is 0 Å². The Bertz CT molecular complexity index is 428. The number of hydrogen-bond donors (Lipinski definition) is 2. The van der Waals surface area contributed by atoms with E-state index < -0.39 is 43.0 Å². The molecule has 2 heterocycles. The topological polar surface area (TPSA) is 121 Å². The molecule has 0 aromatic heterocycles. The fourth-order valence-electron chi connectivity index (χ4n) is 2.81. The summed E-state index contributed by atoms with van der Waals surface area (Å²) in [6.45, 7) is 0.602. The number of aliphatic carboxylic acids is 1. The lowest BCUT2D eigenvalue weighted by molar-refractivity contribution is -0.177. The van der Waals surface area contributed by atoms with Crippen LogP contribution in [0.25, 0.3) is 0 Å². The van der Waals surface area contributed by atoms with Gasteiger partial charge in [-0.05, 0) is 25.7 Å². The van der Waals surface area contributed by atoms with E-state index >= 15 is 0 Å². The van der Waals surface area contributed by atoms with E-state index in [0.717, 1.165) is 12.8 Å². The SMILES string of the molecule is O=C(O)COC[C@H]1OCCC[C@H]1OC(=O)COC[C@H]1OCCC[C@H]1O. The fraction of sp³-hybridized carbons (Fsp3) is 0.875. The molecule has 0 amide bonds. The van der Waals surface area contributed by atoms with Gasteiger partial charge in [0.15, 0.2) is 0 Å². The number of carbonyl (C=O) groups is 2. The van der Waals surface area contributed by atoms with Crippen LogP contribution in [0.1, 0.15) is 25.7 Å². The van der Waals surface area contributed by atoms with Crippen molar-refractivity contribution in [3.8, 4) is 0 Å². The Morgan fingerprint density at radius 2 is 1.60 bits per heavy atom. The molecule has 2 saturated heterocycles. The molecular formula is C16H26O9. The van der Waals surface area contributed by atoms with E-state index in [-0.39, 0.29) is 19.8 Å². The molecule has 0 saturated carbocycles. The highest BCUT2D eigenvalue weighted by Crippen LogP contribution is 2.18. The zero-order valence-corrected chi connectivity index (χ0v) is 14.1. The van der Waals surface area contributed by atoms with Crippen molar-refractivity contribution >= 4 is 11.9 Å². The Hall–Kier alpha value is -1.26. The summed E-state index contributed by atoms with van der Waals surface area (Å²) in [6.07, 6.45) is 0.871. The van der Waals surface area contributed by atoms with E-state index in [0.29, 0.717) is 26.1 Å². The minimum Gasteiger partial charge on any atom is -0.480 e. The van der Waals surface area contributed by atoms with Gasteiger partial charge in [-0.25, -0.2) is 9.59 Å². The molecule has 2 N–H and O–H groups in total.